The molecule has 102 valence electrons. The highest BCUT2D eigenvalue weighted by molar-refractivity contribution is 5.85. The Bertz CT molecular complexity index is 456. The Balaban J connectivity index is 1.86. The Hall–Kier alpha value is -1.79. The highest BCUT2D eigenvalue weighted by atomic mass is 16.6. The summed E-state index contributed by atoms with van der Waals surface area (Å²) in [4.78, 5) is 17.1. The molecule has 0 aromatic heterocycles. The van der Waals surface area contributed by atoms with E-state index in [1.807, 2.05) is 0 Å². The number of nitrogens with one attached hydrogen (secondary N) is 1. The van der Waals surface area contributed by atoms with E-state index in [1.54, 1.807) is 24.4 Å². The molecule has 1 aliphatic rings. The molecule has 1 saturated heterocycles. The summed E-state index contributed by atoms with van der Waals surface area (Å²) in [5, 5.41) is 14.1. The molecular weight excluding hydrogens is 244 g/mol. The van der Waals surface area contributed by atoms with E-state index in [0.29, 0.717) is 12.1 Å². The average Bonchev–Trinajstić information content (AvgIpc) is 2.45. The second kappa shape index (κ2) is 6.96. The summed E-state index contributed by atoms with van der Waals surface area (Å²) >= 11 is 0. The van der Waals surface area contributed by atoms with Crippen molar-refractivity contribution in [2.24, 2.45) is 4.99 Å². The minimum absolute atomic E-state index is 0.105. The largest absolute Gasteiger partial charge is 0.314 e. The van der Waals surface area contributed by atoms with Gasteiger partial charge in [-0.2, -0.15) is 0 Å². The Morgan fingerprint density at radius 3 is 2.84 bits per heavy atom. The van der Waals surface area contributed by atoms with Crippen LogP contribution >= 0.6 is 0 Å². The van der Waals surface area contributed by atoms with Gasteiger partial charge in [0.05, 0.1) is 17.0 Å². The first-order chi connectivity index (χ1) is 9.27. The van der Waals surface area contributed by atoms with Gasteiger partial charge in [0.15, 0.2) is 0 Å². The zero-order valence-corrected chi connectivity index (χ0v) is 10.8. The number of nitro benzene ring substituents is 1. The summed E-state index contributed by atoms with van der Waals surface area (Å²) in [6.45, 7) is 5.70. The fourth-order valence-electron chi connectivity index (χ4n) is 2.06. The van der Waals surface area contributed by atoms with Gasteiger partial charge in [-0.05, 0) is 6.07 Å². The van der Waals surface area contributed by atoms with Crippen molar-refractivity contribution in [2.75, 3.05) is 39.3 Å². The number of aliphatic imine (C=N–C) groups is 1. The lowest BCUT2D eigenvalue weighted by Gasteiger charge is -2.26. The van der Waals surface area contributed by atoms with E-state index in [2.05, 4.69) is 15.2 Å². The Morgan fingerprint density at radius 2 is 2.11 bits per heavy atom. The number of piperazine rings is 1. The van der Waals surface area contributed by atoms with Crippen molar-refractivity contribution in [3.8, 4) is 0 Å². The minimum Gasteiger partial charge on any atom is -0.314 e. The molecule has 1 fully saturated rings. The number of hydrogen-bond donors (Lipinski definition) is 1. The van der Waals surface area contributed by atoms with Crippen molar-refractivity contribution in [1.29, 1.82) is 0 Å². The van der Waals surface area contributed by atoms with Gasteiger partial charge in [-0.25, -0.2) is 0 Å². The number of rotatable bonds is 5. The number of nitrogens with zero attached hydrogens (tertiary/aromatic N) is 3. The highest BCUT2D eigenvalue weighted by Crippen LogP contribution is 2.15. The monoisotopic (exact) mass is 262 g/mol. The molecule has 0 atom stereocenters. The highest BCUT2D eigenvalue weighted by Gasteiger charge is 2.10. The van der Waals surface area contributed by atoms with Gasteiger partial charge in [0.1, 0.15) is 0 Å². The summed E-state index contributed by atoms with van der Waals surface area (Å²) in [5.41, 5.74) is 0.668. The minimum atomic E-state index is -0.377. The molecule has 1 aromatic carbocycles. The van der Waals surface area contributed by atoms with Crippen LogP contribution in [0.15, 0.2) is 29.3 Å². The molecular formula is C13H18N4O2. The molecule has 1 heterocycles. The van der Waals surface area contributed by atoms with Gasteiger partial charge in [0.2, 0.25) is 0 Å². The predicted octanol–water partition coefficient (Wildman–Crippen LogP) is 0.919. The molecule has 0 amide bonds. The van der Waals surface area contributed by atoms with Gasteiger partial charge in [-0.15, -0.1) is 0 Å². The van der Waals surface area contributed by atoms with Crippen LogP contribution in [0.2, 0.25) is 0 Å². The van der Waals surface area contributed by atoms with Crippen LogP contribution in [-0.4, -0.2) is 55.3 Å². The van der Waals surface area contributed by atoms with Gasteiger partial charge < -0.3 is 5.32 Å². The molecule has 0 saturated carbocycles. The summed E-state index contributed by atoms with van der Waals surface area (Å²) in [6.07, 6.45) is 1.60. The van der Waals surface area contributed by atoms with Crippen LogP contribution in [-0.2, 0) is 0 Å². The van der Waals surface area contributed by atoms with E-state index >= 15 is 0 Å². The number of hydrogen-bond acceptors (Lipinski definition) is 5. The van der Waals surface area contributed by atoms with Crippen LogP contribution in [0.4, 0.5) is 5.69 Å². The first-order valence-electron chi connectivity index (χ1n) is 6.43. The first-order valence-corrected chi connectivity index (χ1v) is 6.43. The molecule has 0 aliphatic carbocycles. The van der Waals surface area contributed by atoms with Crippen molar-refractivity contribution in [2.45, 2.75) is 0 Å². The zero-order chi connectivity index (χ0) is 13.5. The molecule has 0 bridgehead atoms. The van der Waals surface area contributed by atoms with Crippen LogP contribution < -0.4 is 5.32 Å². The number of para-hydroxylation sites is 1. The van der Waals surface area contributed by atoms with E-state index in [4.69, 9.17) is 0 Å². The first kappa shape index (κ1) is 13.6. The fourth-order valence-corrected chi connectivity index (χ4v) is 2.06. The maximum atomic E-state index is 10.8. The lowest BCUT2D eigenvalue weighted by Crippen LogP contribution is -2.44. The van der Waals surface area contributed by atoms with Crippen LogP contribution in [0, 0.1) is 10.1 Å². The topological polar surface area (TPSA) is 70.8 Å². The fraction of sp³-hybridized carbons (Fsp3) is 0.462. The molecule has 2 rings (SSSR count). The van der Waals surface area contributed by atoms with Gasteiger partial charge >= 0.3 is 0 Å². The normalized spacial score (nSPS) is 16.8. The van der Waals surface area contributed by atoms with Gasteiger partial charge in [-0.1, -0.05) is 12.1 Å². The Kier molecular flexibility index (Phi) is 5.00. The average molecular weight is 262 g/mol. The third kappa shape index (κ3) is 4.11. The second-order valence-electron chi connectivity index (χ2n) is 4.44. The van der Waals surface area contributed by atoms with E-state index in [0.717, 1.165) is 32.7 Å². The third-order valence-electron chi connectivity index (χ3n) is 3.12. The number of nitro groups is 1. The SMILES string of the molecule is O=[N+]([O-])c1ccccc1C=NCCN1CCNCC1. The quantitative estimate of drug-likeness (QED) is 0.486. The zero-order valence-electron chi connectivity index (χ0n) is 10.8. The standard InChI is InChI=1S/C13H18N4O2/c18-17(19)13-4-2-1-3-12(13)11-15-7-10-16-8-5-14-6-9-16/h1-4,11,14H,5-10H2. The van der Waals surface area contributed by atoms with Crippen LogP contribution in [0.5, 0.6) is 0 Å². The smallest absolute Gasteiger partial charge is 0.278 e. The third-order valence-corrected chi connectivity index (χ3v) is 3.12. The summed E-state index contributed by atoms with van der Waals surface area (Å²) in [6, 6.07) is 6.66. The second-order valence-corrected chi connectivity index (χ2v) is 4.44. The van der Waals surface area contributed by atoms with Crippen molar-refractivity contribution < 1.29 is 4.92 Å². The lowest BCUT2D eigenvalue weighted by molar-refractivity contribution is -0.385. The summed E-state index contributed by atoms with van der Waals surface area (Å²) < 4.78 is 0. The van der Waals surface area contributed by atoms with Crippen LogP contribution in [0.3, 0.4) is 0 Å². The molecule has 6 nitrogen and oxygen atoms in total. The van der Waals surface area contributed by atoms with E-state index in [1.165, 1.54) is 6.07 Å². The van der Waals surface area contributed by atoms with Crippen LogP contribution in [0.25, 0.3) is 0 Å². The molecule has 0 spiro atoms. The van der Waals surface area contributed by atoms with Crippen molar-refractivity contribution in [3.05, 3.63) is 39.9 Å². The molecule has 0 radical (unpaired) electrons. The molecule has 1 N–H and O–H groups in total. The number of benzene rings is 1. The molecule has 1 aromatic rings. The van der Waals surface area contributed by atoms with Crippen molar-refractivity contribution in [1.82, 2.24) is 10.2 Å². The lowest BCUT2D eigenvalue weighted by atomic mass is 10.2. The van der Waals surface area contributed by atoms with E-state index in [9.17, 15) is 10.1 Å². The summed E-state index contributed by atoms with van der Waals surface area (Å²) in [5.74, 6) is 0. The van der Waals surface area contributed by atoms with Crippen LogP contribution in [0.1, 0.15) is 5.56 Å². The van der Waals surface area contributed by atoms with Gasteiger partial charge in [0, 0.05) is 45.0 Å². The predicted molar refractivity (Wildman–Crippen MR) is 74.9 cm³/mol. The summed E-state index contributed by atoms with van der Waals surface area (Å²) in [7, 11) is 0. The van der Waals surface area contributed by atoms with Gasteiger partial charge in [0.25, 0.3) is 5.69 Å². The van der Waals surface area contributed by atoms with Crippen molar-refractivity contribution >= 4 is 11.9 Å². The maximum absolute atomic E-state index is 10.8. The van der Waals surface area contributed by atoms with Gasteiger partial charge in [-0.3, -0.25) is 20.0 Å². The molecule has 1 aliphatic heterocycles. The maximum Gasteiger partial charge on any atom is 0.278 e. The van der Waals surface area contributed by atoms with E-state index in [-0.39, 0.29) is 10.6 Å². The van der Waals surface area contributed by atoms with E-state index < -0.39 is 0 Å². The Morgan fingerprint density at radius 1 is 1.37 bits per heavy atom. The Labute approximate surface area is 112 Å². The van der Waals surface area contributed by atoms with Crippen molar-refractivity contribution in [3.63, 3.8) is 0 Å². The molecule has 19 heavy (non-hydrogen) atoms. The molecule has 6 heteroatoms. The molecule has 0 unspecified atom stereocenters.